The summed E-state index contributed by atoms with van der Waals surface area (Å²) in [5.41, 5.74) is 0. The lowest BCUT2D eigenvalue weighted by molar-refractivity contribution is 0.0401. The minimum atomic E-state index is -1.37. The summed E-state index contributed by atoms with van der Waals surface area (Å²) in [6.45, 7) is 9.64. The molecule has 86 valence electrons. The Labute approximate surface area is 92.8 Å². The largest absolute Gasteiger partial charge is 0.415 e. The lowest BCUT2D eigenvalue weighted by Gasteiger charge is -2.16. The van der Waals surface area contributed by atoms with E-state index in [-0.39, 0.29) is 0 Å². The van der Waals surface area contributed by atoms with Crippen LogP contribution in [0.2, 0.25) is 19.6 Å². The average Bonchev–Trinajstić information content (AvgIpc) is 2.08. The topological polar surface area (TPSA) is 27.7 Å². The Morgan fingerprint density at radius 1 is 0.857 bits per heavy atom. The standard InChI is InChI=1S/C9H21ClO3Si/c1-14(2,3)13-9-8-12-7-6-11-5-4-10/h4-9H2,1-3H3. The van der Waals surface area contributed by atoms with E-state index >= 15 is 0 Å². The van der Waals surface area contributed by atoms with Crippen molar-refractivity contribution in [1.82, 2.24) is 0 Å². The van der Waals surface area contributed by atoms with E-state index in [1.54, 1.807) is 0 Å². The SMILES string of the molecule is C[Si](C)(C)OCCOCCOCCCl. The Morgan fingerprint density at radius 3 is 1.86 bits per heavy atom. The smallest absolute Gasteiger partial charge is 0.183 e. The van der Waals surface area contributed by atoms with Crippen LogP contribution in [0, 0.1) is 0 Å². The number of ether oxygens (including phenoxy) is 2. The number of alkyl halides is 1. The summed E-state index contributed by atoms with van der Waals surface area (Å²) >= 11 is 5.43. The monoisotopic (exact) mass is 240 g/mol. The van der Waals surface area contributed by atoms with E-state index in [1.165, 1.54) is 0 Å². The van der Waals surface area contributed by atoms with Crippen molar-refractivity contribution in [3.63, 3.8) is 0 Å². The van der Waals surface area contributed by atoms with Gasteiger partial charge in [-0.15, -0.1) is 11.6 Å². The Morgan fingerprint density at radius 2 is 1.36 bits per heavy atom. The van der Waals surface area contributed by atoms with Gasteiger partial charge in [-0.3, -0.25) is 0 Å². The second-order valence-corrected chi connectivity index (χ2v) is 8.77. The van der Waals surface area contributed by atoms with E-state index in [9.17, 15) is 0 Å². The van der Waals surface area contributed by atoms with Gasteiger partial charge in [0.05, 0.1) is 33.0 Å². The Kier molecular flexibility index (Phi) is 8.92. The van der Waals surface area contributed by atoms with Gasteiger partial charge in [0, 0.05) is 5.88 Å². The van der Waals surface area contributed by atoms with Crippen molar-refractivity contribution in [1.29, 1.82) is 0 Å². The molecule has 0 aliphatic rings. The van der Waals surface area contributed by atoms with E-state index in [1.807, 2.05) is 0 Å². The van der Waals surface area contributed by atoms with Crippen molar-refractivity contribution in [3.8, 4) is 0 Å². The maximum atomic E-state index is 5.61. The molecule has 0 unspecified atom stereocenters. The highest BCUT2D eigenvalue weighted by atomic mass is 35.5. The van der Waals surface area contributed by atoms with Gasteiger partial charge in [0.1, 0.15) is 0 Å². The maximum Gasteiger partial charge on any atom is 0.183 e. The van der Waals surface area contributed by atoms with Gasteiger partial charge in [-0.05, 0) is 19.6 Å². The van der Waals surface area contributed by atoms with Gasteiger partial charge in [0.25, 0.3) is 0 Å². The van der Waals surface area contributed by atoms with Gasteiger partial charge in [-0.1, -0.05) is 0 Å². The molecule has 0 fully saturated rings. The molecule has 0 radical (unpaired) electrons. The fourth-order valence-corrected chi connectivity index (χ4v) is 1.59. The van der Waals surface area contributed by atoms with Gasteiger partial charge < -0.3 is 13.9 Å². The molecule has 0 aromatic rings. The van der Waals surface area contributed by atoms with Crippen LogP contribution in [0.25, 0.3) is 0 Å². The highest BCUT2D eigenvalue weighted by Gasteiger charge is 2.12. The van der Waals surface area contributed by atoms with E-state index < -0.39 is 8.32 Å². The molecule has 0 bridgehead atoms. The second kappa shape index (κ2) is 8.68. The highest BCUT2D eigenvalue weighted by molar-refractivity contribution is 6.69. The molecule has 0 spiro atoms. The summed E-state index contributed by atoms with van der Waals surface area (Å²) in [6, 6.07) is 0. The number of halogens is 1. The Bertz CT molecular complexity index is 128. The third-order valence-electron chi connectivity index (χ3n) is 1.36. The Balaban J connectivity index is 2.99. The molecule has 0 saturated heterocycles. The van der Waals surface area contributed by atoms with E-state index in [0.717, 1.165) is 0 Å². The summed E-state index contributed by atoms with van der Waals surface area (Å²) in [4.78, 5) is 0. The minimum absolute atomic E-state index is 0.540. The summed E-state index contributed by atoms with van der Waals surface area (Å²) in [5, 5.41) is 0. The maximum absolute atomic E-state index is 5.61. The van der Waals surface area contributed by atoms with Crippen LogP contribution in [-0.2, 0) is 13.9 Å². The zero-order valence-electron chi connectivity index (χ0n) is 9.35. The van der Waals surface area contributed by atoms with Crippen LogP contribution in [0.3, 0.4) is 0 Å². The van der Waals surface area contributed by atoms with E-state index in [4.69, 9.17) is 25.5 Å². The fourth-order valence-electron chi connectivity index (χ4n) is 0.783. The van der Waals surface area contributed by atoms with Crippen LogP contribution >= 0.6 is 11.6 Å². The molecule has 0 rings (SSSR count). The van der Waals surface area contributed by atoms with Crippen LogP contribution in [0.5, 0.6) is 0 Å². The summed E-state index contributed by atoms with van der Waals surface area (Å²) in [5.74, 6) is 0.540. The first-order valence-corrected chi connectivity index (χ1v) is 8.86. The van der Waals surface area contributed by atoms with Crippen LogP contribution in [0.15, 0.2) is 0 Å². The molecule has 14 heavy (non-hydrogen) atoms. The van der Waals surface area contributed by atoms with Crippen LogP contribution in [0.4, 0.5) is 0 Å². The van der Waals surface area contributed by atoms with Gasteiger partial charge in [-0.2, -0.15) is 0 Å². The molecule has 0 aromatic heterocycles. The van der Waals surface area contributed by atoms with E-state index in [2.05, 4.69) is 19.6 Å². The number of hydrogen-bond donors (Lipinski definition) is 0. The molecule has 5 heteroatoms. The first-order chi connectivity index (χ1) is 6.56. The molecule has 0 heterocycles. The fraction of sp³-hybridized carbons (Fsp3) is 1.00. The lowest BCUT2D eigenvalue weighted by atomic mass is 10.7. The molecule has 3 nitrogen and oxygen atoms in total. The second-order valence-electron chi connectivity index (χ2n) is 3.87. The molecule has 0 atom stereocenters. The quantitative estimate of drug-likeness (QED) is 0.351. The van der Waals surface area contributed by atoms with Crippen molar-refractivity contribution in [2.45, 2.75) is 19.6 Å². The molecule has 0 aromatic carbocycles. The average molecular weight is 241 g/mol. The van der Waals surface area contributed by atoms with Crippen LogP contribution < -0.4 is 0 Å². The summed E-state index contributed by atoms with van der Waals surface area (Å²) in [7, 11) is -1.37. The normalized spacial score (nSPS) is 12.0. The third kappa shape index (κ3) is 12.4. The molecular formula is C9H21ClO3Si. The third-order valence-corrected chi connectivity index (χ3v) is 2.58. The highest BCUT2D eigenvalue weighted by Crippen LogP contribution is 2.01. The van der Waals surface area contributed by atoms with Gasteiger partial charge in [0.15, 0.2) is 8.32 Å². The molecule has 0 aliphatic heterocycles. The van der Waals surface area contributed by atoms with Crippen molar-refractivity contribution in [2.75, 3.05) is 38.9 Å². The first kappa shape index (κ1) is 14.4. The van der Waals surface area contributed by atoms with Gasteiger partial charge >= 0.3 is 0 Å². The first-order valence-electron chi connectivity index (χ1n) is 4.91. The van der Waals surface area contributed by atoms with Crippen LogP contribution in [0.1, 0.15) is 0 Å². The van der Waals surface area contributed by atoms with Crippen molar-refractivity contribution in [3.05, 3.63) is 0 Å². The number of rotatable bonds is 9. The Hall–Kier alpha value is 0.387. The zero-order chi connectivity index (χ0) is 10.9. The molecule has 0 N–H and O–H groups in total. The van der Waals surface area contributed by atoms with E-state index in [0.29, 0.717) is 38.9 Å². The van der Waals surface area contributed by atoms with Gasteiger partial charge in [0.2, 0.25) is 0 Å². The van der Waals surface area contributed by atoms with Crippen molar-refractivity contribution in [2.24, 2.45) is 0 Å². The summed E-state index contributed by atoms with van der Waals surface area (Å²) in [6.07, 6.45) is 0. The summed E-state index contributed by atoms with van der Waals surface area (Å²) < 4.78 is 16.1. The molecule has 0 saturated carbocycles. The minimum Gasteiger partial charge on any atom is -0.415 e. The molecule has 0 aliphatic carbocycles. The van der Waals surface area contributed by atoms with Crippen molar-refractivity contribution >= 4 is 19.9 Å². The lowest BCUT2D eigenvalue weighted by Crippen LogP contribution is -2.27. The van der Waals surface area contributed by atoms with Crippen LogP contribution in [-0.4, -0.2) is 47.2 Å². The number of hydrogen-bond acceptors (Lipinski definition) is 3. The molecule has 0 amide bonds. The predicted octanol–water partition coefficient (Wildman–Crippen LogP) is 2.11. The predicted molar refractivity (Wildman–Crippen MR) is 61.7 cm³/mol. The van der Waals surface area contributed by atoms with Gasteiger partial charge in [-0.25, -0.2) is 0 Å². The van der Waals surface area contributed by atoms with Crippen molar-refractivity contribution < 1.29 is 13.9 Å². The zero-order valence-corrected chi connectivity index (χ0v) is 11.1. The molecular weight excluding hydrogens is 220 g/mol.